The molecule has 1 unspecified atom stereocenters. The molecule has 2 amide bonds. The Morgan fingerprint density at radius 1 is 1.47 bits per heavy atom. The fourth-order valence-electron chi connectivity index (χ4n) is 1.48. The van der Waals surface area contributed by atoms with Gasteiger partial charge in [-0.15, -0.1) is 0 Å². The molecule has 1 rings (SSSR count). The van der Waals surface area contributed by atoms with Gasteiger partial charge in [0.25, 0.3) is 5.91 Å². The van der Waals surface area contributed by atoms with E-state index in [1.807, 2.05) is 0 Å². The van der Waals surface area contributed by atoms with Crippen molar-refractivity contribution in [3.8, 4) is 0 Å². The van der Waals surface area contributed by atoms with Gasteiger partial charge in [0.1, 0.15) is 0 Å². The molecule has 2 N–H and O–H groups in total. The molecule has 1 heterocycles. The van der Waals surface area contributed by atoms with Crippen LogP contribution in [0.4, 0.5) is 0 Å². The van der Waals surface area contributed by atoms with Crippen molar-refractivity contribution in [3.63, 3.8) is 0 Å². The lowest BCUT2D eigenvalue weighted by Gasteiger charge is -2.32. The summed E-state index contributed by atoms with van der Waals surface area (Å²) in [6, 6.07) is -1.34. The van der Waals surface area contributed by atoms with Crippen LogP contribution in [0.25, 0.3) is 0 Å². The van der Waals surface area contributed by atoms with E-state index in [2.05, 4.69) is 4.74 Å². The lowest BCUT2D eigenvalue weighted by atomic mass is 10.2. The maximum Gasteiger partial charge on any atom is 0.332 e. The van der Waals surface area contributed by atoms with E-state index in [1.54, 1.807) is 14.0 Å². The van der Waals surface area contributed by atoms with Crippen LogP contribution in [-0.2, 0) is 19.1 Å². The molecule has 1 aliphatic heterocycles. The number of likely N-dealkylation sites (N-methyl/N-ethyl adjacent to an activating group) is 1. The van der Waals surface area contributed by atoms with E-state index in [4.69, 9.17) is 5.73 Å². The van der Waals surface area contributed by atoms with Crippen molar-refractivity contribution in [3.05, 3.63) is 0 Å². The predicted octanol–water partition coefficient (Wildman–Crippen LogP) is -1.82. The number of hydrogen-bond donors (Lipinski definition) is 1. The lowest BCUT2D eigenvalue weighted by molar-refractivity contribution is -0.154. The normalized spacial score (nSPS) is 17.9. The molecule has 0 spiro atoms. The van der Waals surface area contributed by atoms with Gasteiger partial charge in [-0.1, -0.05) is 0 Å². The van der Waals surface area contributed by atoms with Crippen LogP contribution >= 0.6 is 0 Å². The highest BCUT2D eigenvalue weighted by molar-refractivity contribution is 6.02. The third-order valence-corrected chi connectivity index (χ3v) is 2.58. The summed E-state index contributed by atoms with van der Waals surface area (Å²) in [6.07, 6.45) is 0. The van der Waals surface area contributed by atoms with Crippen molar-refractivity contribution in [1.82, 2.24) is 9.80 Å². The average molecular weight is 243 g/mol. The number of amides is 2. The SMILES string of the molecule is CCOC(=O)C(N)C(=O)N1CCN(C)C(=O)C1. The van der Waals surface area contributed by atoms with Crippen molar-refractivity contribution in [2.24, 2.45) is 5.73 Å². The van der Waals surface area contributed by atoms with Crippen LogP contribution in [0.1, 0.15) is 6.92 Å². The molecule has 0 radical (unpaired) electrons. The van der Waals surface area contributed by atoms with Crippen molar-refractivity contribution in [2.45, 2.75) is 13.0 Å². The monoisotopic (exact) mass is 243 g/mol. The molecule has 7 heteroatoms. The van der Waals surface area contributed by atoms with Crippen molar-refractivity contribution >= 4 is 17.8 Å². The van der Waals surface area contributed by atoms with E-state index in [9.17, 15) is 14.4 Å². The molecule has 1 fully saturated rings. The number of ether oxygens (including phenoxy) is 1. The Morgan fingerprint density at radius 3 is 2.65 bits per heavy atom. The van der Waals surface area contributed by atoms with E-state index >= 15 is 0 Å². The zero-order chi connectivity index (χ0) is 13.0. The largest absolute Gasteiger partial charge is 0.464 e. The standard InChI is InChI=1S/C10H17N3O4/c1-3-17-10(16)8(11)9(15)13-5-4-12(2)7(14)6-13/h8H,3-6,11H2,1-2H3. The molecule has 0 aromatic carbocycles. The summed E-state index contributed by atoms with van der Waals surface area (Å²) < 4.78 is 4.66. The van der Waals surface area contributed by atoms with Gasteiger partial charge in [0.2, 0.25) is 5.91 Å². The number of piperazine rings is 1. The Balaban J connectivity index is 2.58. The summed E-state index contributed by atoms with van der Waals surface area (Å²) in [5, 5.41) is 0. The number of rotatable bonds is 3. The second kappa shape index (κ2) is 5.62. The van der Waals surface area contributed by atoms with Crippen LogP contribution < -0.4 is 5.73 Å². The number of nitrogens with zero attached hydrogens (tertiary/aromatic N) is 2. The first-order valence-electron chi connectivity index (χ1n) is 5.42. The van der Waals surface area contributed by atoms with E-state index in [0.29, 0.717) is 13.1 Å². The van der Waals surface area contributed by atoms with Gasteiger partial charge in [-0.25, -0.2) is 4.79 Å². The summed E-state index contributed by atoms with van der Waals surface area (Å²) in [4.78, 5) is 37.3. The van der Waals surface area contributed by atoms with Gasteiger partial charge < -0.3 is 20.3 Å². The van der Waals surface area contributed by atoms with E-state index in [0.717, 1.165) is 0 Å². The predicted molar refractivity (Wildman–Crippen MR) is 58.8 cm³/mol. The first-order valence-corrected chi connectivity index (χ1v) is 5.42. The maximum atomic E-state index is 11.8. The van der Waals surface area contributed by atoms with E-state index in [-0.39, 0.29) is 19.1 Å². The van der Waals surface area contributed by atoms with Gasteiger partial charge in [0, 0.05) is 20.1 Å². The maximum absolute atomic E-state index is 11.8. The average Bonchev–Trinajstić information content (AvgIpc) is 2.31. The topological polar surface area (TPSA) is 92.9 Å². The second-order valence-corrected chi connectivity index (χ2v) is 3.80. The molecule has 1 atom stereocenters. The zero-order valence-electron chi connectivity index (χ0n) is 10.0. The number of esters is 1. The molecule has 0 saturated carbocycles. The number of nitrogens with two attached hydrogens (primary N) is 1. The molecule has 7 nitrogen and oxygen atoms in total. The highest BCUT2D eigenvalue weighted by Crippen LogP contribution is 2.03. The Hall–Kier alpha value is -1.63. The van der Waals surface area contributed by atoms with Crippen LogP contribution in [0.3, 0.4) is 0 Å². The first kappa shape index (κ1) is 13.4. The second-order valence-electron chi connectivity index (χ2n) is 3.80. The molecule has 0 bridgehead atoms. The Labute approximate surface area is 99.5 Å². The molecule has 0 aromatic rings. The van der Waals surface area contributed by atoms with Gasteiger partial charge in [-0.2, -0.15) is 0 Å². The zero-order valence-corrected chi connectivity index (χ0v) is 10.0. The van der Waals surface area contributed by atoms with Gasteiger partial charge >= 0.3 is 5.97 Å². The lowest BCUT2D eigenvalue weighted by Crippen LogP contribution is -2.56. The van der Waals surface area contributed by atoms with Crippen LogP contribution in [-0.4, -0.2) is 66.9 Å². The Morgan fingerprint density at radius 2 is 2.12 bits per heavy atom. The van der Waals surface area contributed by atoms with Gasteiger partial charge in [0.05, 0.1) is 13.2 Å². The summed E-state index contributed by atoms with van der Waals surface area (Å²) >= 11 is 0. The van der Waals surface area contributed by atoms with Crippen LogP contribution in [0.5, 0.6) is 0 Å². The molecular weight excluding hydrogens is 226 g/mol. The smallest absolute Gasteiger partial charge is 0.332 e. The van der Waals surface area contributed by atoms with Crippen molar-refractivity contribution in [2.75, 3.05) is 33.3 Å². The third kappa shape index (κ3) is 3.16. The Bertz CT molecular complexity index is 332. The minimum atomic E-state index is -1.34. The van der Waals surface area contributed by atoms with Gasteiger partial charge in [0.15, 0.2) is 6.04 Å². The number of carbonyl (C=O) groups is 3. The molecule has 17 heavy (non-hydrogen) atoms. The number of carbonyl (C=O) groups excluding carboxylic acids is 3. The number of hydrogen-bond acceptors (Lipinski definition) is 5. The van der Waals surface area contributed by atoms with Crippen LogP contribution in [0.15, 0.2) is 0 Å². The minimum Gasteiger partial charge on any atom is -0.464 e. The van der Waals surface area contributed by atoms with E-state index in [1.165, 1.54) is 9.80 Å². The van der Waals surface area contributed by atoms with Crippen LogP contribution in [0.2, 0.25) is 0 Å². The Kier molecular flexibility index (Phi) is 4.45. The molecular formula is C10H17N3O4. The summed E-state index contributed by atoms with van der Waals surface area (Å²) in [5.41, 5.74) is 5.47. The first-order chi connectivity index (χ1) is 7.97. The van der Waals surface area contributed by atoms with Crippen LogP contribution in [0, 0.1) is 0 Å². The van der Waals surface area contributed by atoms with Crippen molar-refractivity contribution < 1.29 is 19.1 Å². The fourth-order valence-corrected chi connectivity index (χ4v) is 1.48. The third-order valence-electron chi connectivity index (χ3n) is 2.58. The molecule has 0 aromatic heterocycles. The summed E-state index contributed by atoms with van der Waals surface area (Å²) in [6.45, 7) is 2.59. The van der Waals surface area contributed by atoms with Gasteiger partial charge in [-0.05, 0) is 6.92 Å². The highest BCUT2D eigenvalue weighted by atomic mass is 16.5. The minimum absolute atomic E-state index is 0.0392. The summed E-state index contributed by atoms with van der Waals surface area (Å²) in [7, 11) is 1.66. The quantitative estimate of drug-likeness (QED) is 0.465. The highest BCUT2D eigenvalue weighted by Gasteiger charge is 2.32. The summed E-state index contributed by atoms with van der Waals surface area (Å²) in [5.74, 6) is -1.49. The molecule has 0 aliphatic carbocycles. The molecule has 1 saturated heterocycles. The van der Waals surface area contributed by atoms with Crippen molar-refractivity contribution in [1.29, 1.82) is 0 Å². The molecule has 1 aliphatic rings. The fraction of sp³-hybridized carbons (Fsp3) is 0.700. The molecule has 96 valence electrons. The van der Waals surface area contributed by atoms with Gasteiger partial charge in [-0.3, -0.25) is 9.59 Å². The van der Waals surface area contributed by atoms with E-state index < -0.39 is 17.9 Å².